The number of aromatic nitrogens is 1. The van der Waals surface area contributed by atoms with E-state index in [4.69, 9.17) is 16.6 Å². The Morgan fingerprint density at radius 1 is 1.04 bits per heavy atom. The summed E-state index contributed by atoms with van der Waals surface area (Å²) in [5.41, 5.74) is 2.17. The molecule has 1 saturated heterocycles. The minimum absolute atomic E-state index is 0.0205. The predicted molar refractivity (Wildman–Crippen MR) is 113 cm³/mol. The molecule has 7 heteroatoms. The average molecular weight is 414 g/mol. The minimum Gasteiger partial charge on any atom is -0.341 e. The van der Waals surface area contributed by atoms with Gasteiger partial charge in [0.25, 0.3) is 5.91 Å². The van der Waals surface area contributed by atoms with Crippen molar-refractivity contribution in [1.82, 2.24) is 14.8 Å². The zero-order valence-corrected chi connectivity index (χ0v) is 17.1. The van der Waals surface area contributed by atoms with Gasteiger partial charge in [-0.3, -0.25) is 9.59 Å². The van der Waals surface area contributed by atoms with Gasteiger partial charge in [0, 0.05) is 38.5 Å². The van der Waals surface area contributed by atoms with Crippen molar-refractivity contribution >= 4 is 45.7 Å². The highest BCUT2D eigenvalue weighted by molar-refractivity contribution is 7.19. The van der Waals surface area contributed by atoms with Crippen LogP contribution < -0.4 is 0 Å². The minimum atomic E-state index is -0.0205. The van der Waals surface area contributed by atoms with Gasteiger partial charge in [0.15, 0.2) is 0 Å². The molecule has 0 N–H and O–H groups in total. The summed E-state index contributed by atoms with van der Waals surface area (Å²) in [6.07, 6.45) is 0.779. The molecule has 0 saturated carbocycles. The standard InChI is InChI=1S/C21H20ClN3O2S/c1-14(26)24-9-4-10-25(12-11-24)21(27)16-13-18(19-7-8-20(22)28-19)23-17-6-3-2-5-15(16)17/h2-3,5-8,13H,4,9-12H2,1H3. The van der Waals surface area contributed by atoms with Crippen LogP contribution in [0.1, 0.15) is 23.7 Å². The molecule has 3 heterocycles. The number of nitrogens with zero attached hydrogens (tertiary/aromatic N) is 3. The number of benzene rings is 1. The van der Waals surface area contributed by atoms with Crippen LogP contribution in [0.4, 0.5) is 0 Å². The Kier molecular flexibility index (Phi) is 5.33. The van der Waals surface area contributed by atoms with Crippen LogP contribution in [0.2, 0.25) is 4.34 Å². The summed E-state index contributed by atoms with van der Waals surface area (Å²) in [6.45, 7) is 4.01. The number of fused-ring (bicyclic) bond motifs is 1. The zero-order valence-electron chi connectivity index (χ0n) is 15.5. The quantitative estimate of drug-likeness (QED) is 0.629. The topological polar surface area (TPSA) is 53.5 Å². The van der Waals surface area contributed by atoms with E-state index >= 15 is 0 Å². The summed E-state index contributed by atoms with van der Waals surface area (Å²) in [7, 11) is 0. The first-order valence-corrected chi connectivity index (χ1v) is 10.4. The fourth-order valence-electron chi connectivity index (χ4n) is 3.54. The largest absolute Gasteiger partial charge is 0.341 e. The molecule has 144 valence electrons. The number of hydrogen-bond acceptors (Lipinski definition) is 4. The van der Waals surface area contributed by atoms with Crippen LogP contribution in [0.15, 0.2) is 42.5 Å². The highest BCUT2D eigenvalue weighted by atomic mass is 35.5. The van der Waals surface area contributed by atoms with Crippen molar-refractivity contribution < 1.29 is 9.59 Å². The van der Waals surface area contributed by atoms with Gasteiger partial charge in [0.05, 0.1) is 26.0 Å². The number of hydrogen-bond donors (Lipinski definition) is 0. The van der Waals surface area contributed by atoms with Gasteiger partial charge in [-0.1, -0.05) is 29.8 Å². The maximum Gasteiger partial charge on any atom is 0.254 e. The maximum atomic E-state index is 13.4. The number of thiophene rings is 1. The molecule has 0 radical (unpaired) electrons. The molecule has 3 aromatic rings. The van der Waals surface area contributed by atoms with Crippen LogP contribution in [-0.4, -0.2) is 52.8 Å². The van der Waals surface area contributed by atoms with Crippen molar-refractivity contribution in [2.45, 2.75) is 13.3 Å². The number of rotatable bonds is 2. The van der Waals surface area contributed by atoms with E-state index in [9.17, 15) is 9.59 Å². The monoisotopic (exact) mass is 413 g/mol. The Morgan fingerprint density at radius 2 is 1.79 bits per heavy atom. The molecular weight excluding hydrogens is 394 g/mol. The van der Waals surface area contributed by atoms with Crippen LogP contribution in [0.5, 0.6) is 0 Å². The SMILES string of the molecule is CC(=O)N1CCCN(C(=O)c2cc(-c3ccc(Cl)s3)nc3ccccc23)CC1. The van der Waals surface area contributed by atoms with Gasteiger partial charge in [0.2, 0.25) is 5.91 Å². The van der Waals surface area contributed by atoms with Crippen molar-refractivity contribution in [2.24, 2.45) is 0 Å². The molecule has 1 fully saturated rings. The van der Waals surface area contributed by atoms with E-state index < -0.39 is 0 Å². The molecular formula is C21H20ClN3O2S. The first-order chi connectivity index (χ1) is 13.5. The molecule has 4 rings (SSSR count). The Hall–Kier alpha value is -2.44. The summed E-state index contributed by atoms with van der Waals surface area (Å²) >= 11 is 7.54. The lowest BCUT2D eigenvalue weighted by atomic mass is 10.1. The van der Waals surface area contributed by atoms with Gasteiger partial charge in [-0.15, -0.1) is 11.3 Å². The van der Waals surface area contributed by atoms with E-state index in [0.29, 0.717) is 36.1 Å². The fourth-order valence-corrected chi connectivity index (χ4v) is 4.54. The first kappa shape index (κ1) is 18.9. The number of carbonyl (C=O) groups is 2. The molecule has 0 atom stereocenters. The van der Waals surface area contributed by atoms with Crippen LogP contribution in [0, 0.1) is 0 Å². The van der Waals surface area contributed by atoms with Gasteiger partial charge in [-0.05, 0) is 30.7 Å². The van der Waals surface area contributed by atoms with Gasteiger partial charge in [0.1, 0.15) is 0 Å². The fraction of sp³-hybridized carbons (Fsp3) is 0.286. The van der Waals surface area contributed by atoms with E-state index in [1.165, 1.54) is 11.3 Å². The molecule has 1 aromatic carbocycles. The predicted octanol–water partition coefficient (Wildman–Crippen LogP) is 4.31. The lowest BCUT2D eigenvalue weighted by molar-refractivity contribution is -0.128. The number of halogens is 1. The third kappa shape index (κ3) is 3.75. The van der Waals surface area contributed by atoms with Crippen molar-refractivity contribution in [2.75, 3.05) is 26.2 Å². The van der Waals surface area contributed by atoms with Crippen LogP contribution >= 0.6 is 22.9 Å². The Balaban J connectivity index is 1.72. The smallest absolute Gasteiger partial charge is 0.254 e. The van der Waals surface area contributed by atoms with E-state index in [1.54, 1.807) is 11.8 Å². The van der Waals surface area contributed by atoms with Crippen LogP contribution in [-0.2, 0) is 4.79 Å². The summed E-state index contributed by atoms with van der Waals surface area (Å²) in [4.78, 5) is 34.4. The van der Waals surface area contributed by atoms with E-state index in [1.807, 2.05) is 47.4 Å². The van der Waals surface area contributed by atoms with Crippen molar-refractivity contribution in [3.63, 3.8) is 0 Å². The molecule has 1 aliphatic rings. The summed E-state index contributed by atoms with van der Waals surface area (Å²) in [5, 5.41) is 0.839. The van der Waals surface area contributed by atoms with Gasteiger partial charge >= 0.3 is 0 Å². The maximum absolute atomic E-state index is 13.4. The summed E-state index contributed by atoms with van der Waals surface area (Å²) in [5.74, 6) is 0.0356. The Labute approximate surface area is 172 Å². The molecule has 2 amide bonds. The highest BCUT2D eigenvalue weighted by Gasteiger charge is 2.23. The van der Waals surface area contributed by atoms with Crippen molar-refractivity contribution in [3.05, 3.63) is 52.4 Å². The molecule has 0 bridgehead atoms. The number of amides is 2. The number of carbonyl (C=O) groups excluding carboxylic acids is 2. The second-order valence-corrected chi connectivity index (χ2v) is 8.54. The number of pyridine rings is 1. The molecule has 0 aliphatic carbocycles. The van der Waals surface area contributed by atoms with Gasteiger partial charge in [-0.25, -0.2) is 4.98 Å². The average Bonchev–Trinajstić information content (AvgIpc) is 2.98. The molecule has 2 aromatic heterocycles. The lowest BCUT2D eigenvalue weighted by Crippen LogP contribution is -2.36. The van der Waals surface area contributed by atoms with Crippen molar-refractivity contribution in [3.8, 4) is 10.6 Å². The van der Waals surface area contributed by atoms with E-state index in [-0.39, 0.29) is 11.8 Å². The van der Waals surface area contributed by atoms with Gasteiger partial charge in [-0.2, -0.15) is 0 Å². The Bertz CT molecular complexity index is 1050. The molecule has 5 nitrogen and oxygen atoms in total. The van der Waals surface area contributed by atoms with E-state index in [0.717, 1.165) is 27.9 Å². The Morgan fingerprint density at radius 3 is 2.54 bits per heavy atom. The number of para-hydroxylation sites is 1. The first-order valence-electron chi connectivity index (χ1n) is 9.23. The third-order valence-electron chi connectivity index (χ3n) is 5.00. The van der Waals surface area contributed by atoms with Gasteiger partial charge < -0.3 is 9.80 Å². The second-order valence-electron chi connectivity index (χ2n) is 6.83. The van der Waals surface area contributed by atoms with Crippen LogP contribution in [0.3, 0.4) is 0 Å². The third-order valence-corrected chi connectivity index (χ3v) is 6.25. The molecule has 28 heavy (non-hydrogen) atoms. The van der Waals surface area contributed by atoms with E-state index in [2.05, 4.69) is 0 Å². The molecule has 0 spiro atoms. The lowest BCUT2D eigenvalue weighted by Gasteiger charge is -2.22. The summed E-state index contributed by atoms with van der Waals surface area (Å²) < 4.78 is 0.690. The zero-order chi connectivity index (χ0) is 19.7. The normalized spacial score (nSPS) is 14.9. The highest BCUT2D eigenvalue weighted by Crippen LogP contribution is 2.32. The molecule has 0 unspecified atom stereocenters. The van der Waals surface area contributed by atoms with Crippen molar-refractivity contribution in [1.29, 1.82) is 0 Å². The second kappa shape index (κ2) is 7.89. The summed E-state index contributed by atoms with van der Waals surface area (Å²) in [6, 6.07) is 13.3. The molecule has 1 aliphatic heterocycles. The van der Waals surface area contributed by atoms with Crippen LogP contribution in [0.25, 0.3) is 21.5 Å².